The number of hydrogen-bond donors (Lipinski definition) is 0. The summed E-state index contributed by atoms with van der Waals surface area (Å²) in [5, 5.41) is 29.6. The van der Waals surface area contributed by atoms with Crippen molar-refractivity contribution in [2.75, 3.05) is 0 Å². The minimum Gasteiger partial charge on any atom is -0.289 e. The van der Waals surface area contributed by atoms with E-state index in [0.29, 0.717) is 44.5 Å². The van der Waals surface area contributed by atoms with Crippen molar-refractivity contribution in [2.24, 2.45) is 0 Å². The molecule has 1 spiro atoms. The van der Waals surface area contributed by atoms with Gasteiger partial charge in [0.1, 0.15) is 17.7 Å². The first-order chi connectivity index (χ1) is 26.4. The Morgan fingerprint density at radius 3 is 1.96 bits per heavy atom. The van der Waals surface area contributed by atoms with Gasteiger partial charge in [0.15, 0.2) is 11.6 Å². The highest BCUT2D eigenvalue weighted by atomic mass is 32.1. The predicted octanol–water partition coefficient (Wildman–Crippen LogP) is 12.0. The number of carbonyl (C=O) groups excluding carboxylic acids is 2. The number of hydrogen-bond acceptors (Lipinski definition) is 9. The molecule has 54 heavy (non-hydrogen) atoms. The molecule has 254 valence electrons. The number of benzene rings is 2. The summed E-state index contributed by atoms with van der Waals surface area (Å²) in [6.45, 7) is 7.63. The van der Waals surface area contributed by atoms with Gasteiger partial charge in [-0.2, -0.15) is 10.5 Å². The molecule has 2 aromatic carbocycles. The highest BCUT2D eigenvalue weighted by Crippen LogP contribution is 2.61. The van der Waals surface area contributed by atoms with Gasteiger partial charge in [-0.1, -0.05) is 67.8 Å². The summed E-state index contributed by atoms with van der Waals surface area (Å²) in [6.07, 6.45) is 11.3. The van der Waals surface area contributed by atoms with E-state index >= 15 is 0 Å². The van der Waals surface area contributed by atoms with Gasteiger partial charge in [0.25, 0.3) is 5.70 Å². The number of carbonyl (C=O) groups is 2. The fourth-order valence-corrected chi connectivity index (χ4v) is 14.8. The molecule has 1 fully saturated rings. The molecular formula is C44H22N4O2S4. The van der Waals surface area contributed by atoms with Crippen LogP contribution in [0.15, 0.2) is 88.7 Å². The van der Waals surface area contributed by atoms with Crippen LogP contribution in [0.5, 0.6) is 0 Å². The molecule has 6 nitrogen and oxygen atoms in total. The minimum atomic E-state index is -0.266. The maximum atomic E-state index is 13.9. The van der Waals surface area contributed by atoms with Crippen LogP contribution in [0, 0.1) is 40.6 Å². The molecule has 0 radical (unpaired) electrons. The molecular weight excluding hydrogens is 745 g/mol. The van der Waals surface area contributed by atoms with Gasteiger partial charge in [-0.3, -0.25) is 9.59 Å². The number of ketones is 2. The molecule has 0 saturated heterocycles. The lowest BCUT2D eigenvalue weighted by Gasteiger charge is -2.36. The van der Waals surface area contributed by atoms with E-state index in [-0.39, 0.29) is 28.3 Å². The molecule has 0 bridgehead atoms. The van der Waals surface area contributed by atoms with Gasteiger partial charge in [0, 0.05) is 53.3 Å². The van der Waals surface area contributed by atoms with Crippen LogP contribution in [0.1, 0.15) is 79.3 Å². The minimum absolute atomic E-state index is 0.0487. The van der Waals surface area contributed by atoms with Crippen molar-refractivity contribution >= 4 is 108 Å². The van der Waals surface area contributed by atoms with Gasteiger partial charge >= 0.3 is 0 Å². The maximum Gasteiger partial charge on any atom is 0.270 e. The van der Waals surface area contributed by atoms with Crippen LogP contribution in [0.2, 0.25) is 0 Å². The molecule has 0 aliphatic heterocycles. The van der Waals surface area contributed by atoms with Crippen molar-refractivity contribution in [3.63, 3.8) is 0 Å². The summed E-state index contributed by atoms with van der Waals surface area (Å²) in [6, 6.07) is 22.6. The van der Waals surface area contributed by atoms with Gasteiger partial charge < -0.3 is 0 Å². The summed E-state index contributed by atoms with van der Waals surface area (Å²) in [5.41, 5.74) is 5.96. The Labute approximate surface area is 325 Å². The second-order valence-electron chi connectivity index (χ2n) is 13.7. The topological polar surface area (TPSA) is 110 Å². The van der Waals surface area contributed by atoms with E-state index in [1.165, 1.54) is 33.9 Å². The monoisotopic (exact) mass is 766 g/mol. The van der Waals surface area contributed by atoms with Crippen molar-refractivity contribution in [3.05, 3.63) is 138 Å². The lowest BCUT2D eigenvalue weighted by atomic mass is 9.67. The van der Waals surface area contributed by atoms with Crippen LogP contribution < -0.4 is 0 Å². The summed E-state index contributed by atoms with van der Waals surface area (Å²) in [5.74, 6) is -0.327. The van der Waals surface area contributed by atoms with Crippen LogP contribution in [-0.4, -0.2) is 11.6 Å². The zero-order valence-corrected chi connectivity index (χ0v) is 31.5. The maximum absolute atomic E-state index is 13.9. The standard InChI is InChI=1S/C44H22N4O2S4/c1-48-31(21-47)35-26-10-4-6-12-28(26)38(50)30(35)17-24-18-33-39(51-24)41-43(53-33)42-40(54-41)36-32(52-42)16-23(44(36)13-7-2-8-14-44)15-29-34(22(19-45)20-46)25-9-3-5-11-27(25)37(29)49/h3-6,9-12,15-18H,2,7-8,13-14H2/b29-15-,30-17+,35-31?. The molecule has 0 unspecified atom stereocenters. The molecule has 4 aliphatic rings. The first kappa shape index (κ1) is 32.7. The van der Waals surface area contributed by atoms with Crippen LogP contribution in [-0.2, 0) is 5.41 Å². The molecule has 0 amide bonds. The molecule has 4 aliphatic carbocycles. The number of allylic oxidation sites excluding steroid dienone is 8. The van der Waals surface area contributed by atoms with Crippen LogP contribution in [0.4, 0.5) is 0 Å². The third-order valence-electron chi connectivity index (χ3n) is 11.1. The molecule has 4 aromatic heterocycles. The average molecular weight is 767 g/mol. The van der Waals surface area contributed by atoms with Gasteiger partial charge in [-0.05, 0) is 59.4 Å². The molecule has 10 rings (SSSR count). The van der Waals surface area contributed by atoms with E-state index in [0.717, 1.165) is 47.3 Å². The number of nitrogens with zero attached hydrogens (tertiary/aromatic N) is 4. The van der Waals surface area contributed by atoms with Gasteiger partial charge in [-0.25, -0.2) is 10.1 Å². The predicted molar refractivity (Wildman–Crippen MR) is 218 cm³/mol. The fraction of sp³-hybridized carbons (Fsp3) is 0.136. The highest BCUT2D eigenvalue weighted by Gasteiger charge is 2.46. The number of rotatable bonds is 2. The lowest BCUT2D eigenvalue weighted by Crippen LogP contribution is -2.28. The van der Waals surface area contributed by atoms with E-state index < -0.39 is 0 Å². The summed E-state index contributed by atoms with van der Waals surface area (Å²) < 4.78 is 7.36. The quantitative estimate of drug-likeness (QED) is 0.0990. The zero-order valence-electron chi connectivity index (χ0n) is 28.2. The van der Waals surface area contributed by atoms with Gasteiger partial charge in [0.05, 0.1) is 36.1 Å². The molecule has 1 saturated carbocycles. The summed E-state index contributed by atoms with van der Waals surface area (Å²) in [4.78, 5) is 33.1. The Hall–Kier alpha value is -5.98. The molecule has 0 N–H and O–H groups in total. The Bertz CT molecular complexity index is 3080. The third kappa shape index (κ3) is 4.37. The Kier molecular flexibility index (Phi) is 7.27. The van der Waals surface area contributed by atoms with Gasteiger partial charge in [-0.15, -0.1) is 45.3 Å². The second-order valence-corrected chi connectivity index (χ2v) is 17.9. The number of fused-ring (bicyclic) bond motifs is 10. The first-order valence-corrected chi connectivity index (χ1v) is 20.6. The van der Waals surface area contributed by atoms with Crippen LogP contribution >= 0.6 is 45.3 Å². The van der Waals surface area contributed by atoms with Crippen LogP contribution in [0.25, 0.3) is 56.3 Å². The largest absolute Gasteiger partial charge is 0.289 e. The van der Waals surface area contributed by atoms with Crippen LogP contribution in [0.3, 0.4) is 0 Å². The number of thiophene rings is 4. The highest BCUT2D eigenvalue weighted by molar-refractivity contribution is 7.44. The molecule has 6 aromatic rings. The van der Waals surface area contributed by atoms with E-state index in [1.54, 1.807) is 58.3 Å². The van der Waals surface area contributed by atoms with E-state index in [9.17, 15) is 25.4 Å². The molecule has 10 heteroatoms. The SMILES string of the molecule is [C-]#[N+]C(C#N)=C1/C(=C\c2cc3sc4c5sc6c(c5sc4c3s2)C2(CCCCC2)C(/C=C2\C(=O)c3ccccc3C2=C(C#N)C#N)=C6)C(=O)c2ccccc21. The van der Waals surface area contributed by atoms with E-state index in [2.05, 4.69) is 17.0 Å². The second kappa shape index (κ2) is 12.0. The normalized spacial score (nSPS) is 19.3. The summed E-state index contributed by atoms with van der Waals surface area (Å²) in [7, 11) is 0. The molecule has 0 atom stereocenters. The Morgan fingerprint density at radius 2 is 1.31 bits per heavy atom. The van der Waals surface area contributed by atoms with E-state index in [4.69, 9.17) is 6.57 Å². The smallest absolute Gasteiger partial charge is 0.270 e. The first-order valence-electron chi connectivity index (χ1n) is 17.3. The van der Waals surface area contributed by atoms with Gasteiger partial charge in [0.2, 0.25) is 0 Å². The van der Waals surface area contributed by atoms with Crippen molar-refractivity contribution in [1.29, 1.82) is 15.8 Å². The Balaban J connectivity index is 1.10. The average Bonchev–Trinajstić information content (AvgIpc) is 4.05. The zero-order chi connectivity index (χ0) is 36.9. The van der Waals surface area contributed by atoms with Crippen molar-refractivity contribution in [2.45, 2.75) is 37.5 Å². The molecule has 4 heterocycles. The fourth-order valence-electron chi connectivity index (χ4n) is 8.81. The van der Waals surface area contributed by atoms with E-state index in [1.807, 2.05) is 66.0 Å². The van der Waals surface area contributed by atoms with Crippen molar-refractivity contribution in [3.8, 4) is 18.2 Å². The number of Topliss-reactive ketones (excluding diaryl/α,β-unsaturated/α-hetero) is 2. The number of nitriles is 3. The lowest BCUT2D eigenvalue weighted by molar-refractivity contribution is 0.103. The van der Waals surface area contributed by atoms with Crippen molar-refractivity contribution < 1.29 is 9.59 Å². The summed E-state index contributed by atoms with van der Waals surface area (Å²) >= 11 is 7.01. The van der Waals surface area contributed by atoms with Crippen molar-refractivity contribution in [1.82, 2.24) is 0 Å². The third-order valence-corrected chi connectivity index (χ3v) is 16.4. The Morgan fingerprint density at radius 1 is 0.704 bits per heavy atom.